The fraction of sp³-hybridized carbons (Fsp3) is 0.458. The SMILES string of the molecule is CCC(C)(C)NC(=O)c1cc(C2=CCC(C)(F)C=C2)cc(-n2cnnc2C(C)C)c1. The van der Waals surface area contributed by atoms with Crippen molar-refractivity contribution >= 4 is 11.5 Å². The number of nitrogens with one attached hydrogen (secondary N) is 1. The van der Waals surface area contributed by atoms with Gasteiger partial charge in [-0.1, -0.05) is 32.9 Å². The van der Waals surface area contributed by atoms with Crippen LogP contribution in [0.1, 0.15) is 82.0 Å². The summed E-state index contributed by atoms with van der Waals surface area (Å²) in [5, 5.41) is 11.4. The minimum absolute atomic E-state index is 0.139. The van der Waals surface area contributed by atoms with Crippen LogP contribution in [-0.4, -0.2) is 31.9 Å². The molecule has 0 radical (unpaired) electrons. The van der Waals surface area contributed by atoms with E-state index in [4.69, 9.17) is 0 Å². The first kappa shape index (κ1) is 21.9. The Bertz CT molecular complexity index is 998. The molecule has 1 aromatic carbocycles. The maximum Gasteiger partial charge on any atom is 0.251 e. The van der Waals surface area contributed by atoms with Gasteiger partial charge in [0.2, 0.25) is 0 Å². The number of benzene rings is 1. The van der Waals surface area contributed by atoms with Gasteiger partial charge in [0.25, 0.3) is 5.91 Å². The topological polar surface area (TPSA) is 59.8 Å². The predicted molar refractivity (Wildman–Crippen MR) is 119 cm³/mol. The molecule has 0 saturated heterocycles. The molecule has 2 aromatic rings. The standard InChI is InChI=1S/C24H31FN4O/c1-7-23(4,5)27-22(30)19-12-18(17-8-10-24(6,25)11-9-17)13-20(14-19)29-15-26-28-21(29)16(2)3/h8-10,12-16H,7,11H2,1-6H3,(H,27,30). The lowest BCUT2D eigenvalue weighted by atomic mass is 9.91. The van der Waals surface area contributed by atoms with E-state index in [-0.39, 0.29) is 17.4 Å². The van der Waals surface area contributed by atoms with Crippen molar-refractivity contribution in [2.75, 3.05) is 0 Å². The molecule has 0 spiro atoms. The zero-order valence-corrected chi connectivity index (χ0v) is 18.7. The lowest BCUT2D eigenvalue weighted by Gasteiger charge is -2.25. The summed E-state index contributed by atoms with van der Waals surface area (Å²) in [4.78, 5) is 13.0. The number of allylic oxidation sites excluding steroid dienone is 4. The highest BCUT2D eigenvalue weighted by Crippen LogP contribution is 2.31. The van der Waals surface area contributed by atoms with Crippen LogP contribution in [-0.2, 0) is 0 Å². The van der Waals surface area contributed by atoms with Gasteiger partial charge in [-0.05, 0) is 62.6 Å². The third-order valence-electron chi connectivity index (χ3n) is 5.55. The minimum Gasteiger partial charge on any atom is -0.347 e. The molecule has 3 rings (SSSR count). The quantitative estimate of drug-likeness (QED) is 0.695. The van der Waals surface area contributed by atoms with Gasteiger partial charge >= 0.3 is 0 Å². The van der Waals surface area contributed by atoms with E-state index in [0.717, 1.165) is 29.1 Å². The highest BCUT2D eigenvalue weighted by Gasteiger charge is 2.23. The van der Waals surface area contributed by atoms with E-state index < -0.39 is 5.67 Å². The van der Waals surface area contributed by atoms with Crippen molar-refractivity contribution < 1.29 is 9.18 Å². The summed E-state index contributed by atoms with van der Waals surface area (Å²) in [7, 11) is 0. The van der Waals surface area contributed by atoms with Crippen molar-refractivity contribution in [3.8, 4) is 5.69 Å². The van der Waals surface area contributed by atoms with E-state index >= 15 is 0 Å². The molecule has 0 fully saturated rings. The maximum absolute atomic E-state index is 14.2. The first-order valence-corrected chi connectivity index (χ1v) is 10.5. The van der Waals surface area contributed by atoms with Crippen LogP contribution in [0.5, 0.6) is 0 Å². The van der Waals surface area contributed by atoms with Crippen LogP contribution in [0.3, 0.4) is 0 Å². The Morgan fingerprint density at radius 1 is 1.33 bits per heavy atom. The Hall–Kier alpha value is -2.76. The lowest BCUT2D eigenvalue weighted by Crippen LogP contribution is -2.42. The fourth-order valence-electron chi connectivity index (χ4n) is 3.28. The summed E-state index contributed by atoms with van der Waals surface area (Å²) in [5.74, 6) is 0.852. The number of rotatable bonds is 6. The van der Waals surface area contributed by atoms with E-state index in [9.17, 15) is 9.18 Å². The normalized spacial score (nSPS) is 19.1. The van der Waals surface area contributed by atoms with Crippen LogP contribution in [0.25, 0.3) is 11.3 Å². The predicted octanol–water partition coefficient (Wildman–Crippen LogP) is 5.38. The van der Waals surface area contributed by atoms with Gasteiger partial charge in [0.05, 0.1) is 0 Å². The molecule has 1 N–H and O–H groups in total. The van der Waals surface area contributed by atoms with Crippen LogP contribution in [0.2, 0.25) is 0 Å². The number of halogens is 1. The number of aromatic nitrogens is 3. The van der Waals surface area contributed by atoms with Gasteiger partial charge < -0.3 is 5.32 Å². The molecule has 6 heteroatoms. The summed E-state index contributed by atoms with van der Waals surface area (Å²) in [6, 6.07) is 5.71. The molecule has 30 heavy (non-hydrogen) atoms. The summed E-state index contributed by atoms with van der Waals surface area (Å²) in [5.41, 5.74) is 1.47. The van der Waals surface area contributed by atoms with Crippen molar-refractivity contribution in [1.29, 1.82) is 0 Å². The van der Waals surface area contributed by atoms with Crippen LogP contribution in [0, 0.1) is 0 Å². The number of hydrogen-bond donors (Lipinski definition) is 1. The zero-order valence-electron chi connectivity index (χ0n) is 18.7. The van der Waals surface area contributed by atoms with Crippen molar-refractivity contribution in [1.82, 2.24) is 20.1 Å². The van der Waals surface area contributed by atoms with E-state index in [1.165, 1.54) is 0 Å². The van der Waals surface area contributed by atoms with Gasteiger partial charge in [-0.25, -0.2) is 4.39 Å². The van der Waals surface area contributed by atoms with Gasteiger partial charge in [-0.2, -0.15) is 0 Å². The summed E-state index contributed by atoms with van der Waals surface area (Å²) in [6.45, 7) is 11.7. The number of nitrogens with zero attached hydrogens (tertiary/aromatic N) is 3. The zero-order chi connectivity index (χ0) is 22.1. The van der Waals surface area contributed by atoms with Gasteiger partial charge in [0, 0.05) is 29.1 Å². The van der Waals surface area contributed by atoms with Crippen molar-refractivity contribution in [2.24, 2.45) is 0 Å². The number of hydrogen-bond acceptors (Lipinski definition) is 3. The average molecular weight is 411 g/mol. The number of carbonyl (C=O) groups excluding carboxylic acids is 1. The molecule has 0 saturated carbocycles. The summed E-state index contributed by atoms with van der Waals surface area (Å²) >= 11 is 0. The number of alkyl halides is 1. The Morgan fingerprint density at radius 2 is 2.07 bits per heavy atom. The molecular formula is C24H31FN4O. The highest BCUT2D eigenvalue weighted by atomic mass is 19.1. The monoisotopic (exact) mass is 410 g/mol. The largest absolute Gasteiger partial charge is 0.347 e. The Balaban J connectivity index is 2.09. The van der Waals surface area contributed by atoms with Crippen LogP contribution in [0.15, 0.2) is 42.8 Å². The lowest BCUT2D eigenvalue weighted by molar-refractivity contribution is 0.0911. The molecule has 1 amide bonds. The second-order valence-electron chi connectivity index (χ2n) is 9.15. The second kappa shape index (κ2) is 8.17. The van der Waals surface area contributed by atoms with Gasteiger partial charge in [0.15, 0.2) is 0 Å². The average Bonchev–Trinajstić information content (AvgIpc) is 3.17. The second-order valence-corrected chi connectivity index (χ2v) is 9.15. The molecule has 1 aliphatic carbocycles. The smallest absolute Gasteiger partial charge is 0.251 e. The maximum atomic E-state index is 14.2. The molecule has 0 aliphatic heterocycles. The third-order valence-corrected chi connectivity index (χ3v) is 5.55. The van der Waals surface area contributed by atoms with E-state index in [0.29, 0.717) is 12.0 Å². The first-order valence-electron chi connectivity index (χ1n) is 10.5. The summed E-state index contributed by atoms with van der Waals surface area (Å²) < 4.78 is 16.1. The molecule has 1 aromatic heterocycles. The fourth-order valence-corrected chi connectivity index (χ4v) is 3.28. The van der Waals surface area contributed by atoms with Gasteiger partial charge in [0.1, 0.15) is 17.8 Å². The van der Waals surface area contributed by atoms with Crippen molar-refractivity contribution in [3.63, 3.8) is 0 Å². The van der Waals surface area contributed by atoms with Crippen LogP contribution < -0.4 is 5.32 Å². The molecule has 1 heterocycles. The number of carbonyl (C=O) groups is 1. The number of amides is 1. The van der Waals surface area contributed by atoms with E-state index in [1.807, 2.05) is 49.6 Å². The Labute approximate surface area is 178 Å². The first-order chi connectivity index (χ1) is 14.0. The van der Waals surface area contributed by atoms with E-state index in [2.05, 4.69) is 29.4 Å². The minimum atomic E-state index is -1.34. The van der Waals surface area contributed by atoms with Gasteiger partial charge in [-0.15, -0.1) is 10.2 Å². The van der Waals surface area contributed by atoms with Crippen LogP contribution >= 0.6 is 0 Å². The molecule has 0 bridgehead atoms. The van der Waals surface area contributed by atoms with Crippen LogP contribution in [0.4, 0.5) is 4.39 Å². The summed E-state index contributed by atoms with van der Waals surface area (Å²) in [6.07, 6.45) is 8.03. The highest BCUT2D eigenvalue weighted by molar-refractivity contribution is 5.96. The molecule has 160 valence electrons. The molecule has 1 unspecified atom stereocenters. The molecule has 1 atom stereocenters. The van der Waals surface area contributed by atoms with E-state index in [1.54, 1.807) is 25.4 Å². The van der Waals surface area contributed by atoms with Gasteiger partial charge in [-0.3, -0.25) is 9.36 Å². The Kier molecular flexibility index (Phi) is 5.97. The Morgan fingerprint density at radius 3 is 2.67 bits per heavy atom. The van der Waals surface area contributed by atoms with Crippen molar-refractivity contribution in [3.05, 3.63) is 59.7 Å². The third kappa shape index (κ3) is 4.86. The molecule has 1 aliphatic rings. The van der Waals surface area contributed by atoms with Crippen molar-refractivity contribution in [2.45, 2.75) is 71.5 Å². The molecule has 5 nitrogen and oxygen atoms in total. The molecular weight excluding hydrogens is 379 g/mol.